The van der Waals surface area contributed by atoms with Crippen molar-refractivity contribution < 1.29 is 9.53 Å². The van der Waals surface area contributed by atoms with Gasteiger partial charge < -0.3 is 15.9 Å². The minimum atomic E-state index is -0.379. The molecule has 1 aliphatic heterocycles. The Morgan fingerprint density at radius 3 is 3.04 bits per heavy atom. The number of hydrogen-bond donors (Lipinski definition) is 2. The van der Waals surface area contributed by atoms with E-state index in [2.05, 4.69) is 32.8 Å². The third kappa shape index (κ3) is 4.36. The molecule has 0 bridgehead atoms. The van der Waals surface area contributed by atoms with Crippen LogP contribution < -0.4 is 11.2 Å². The third-order valence-corrected chi connectivity index (χ3v) is 4.31. The molecule has 0 saturated carbocycles. The van der Waals surface area contributed by atoms with Crippen LogP contribution in [0.5, 0.6) is 0 Å². The van der Waals surface area contributed by atoms with Gasteiger partial charge in [-0.25, -0.2) is 9.79 Å². The zero-order chi connectivity index (χ0) is 18.4. The number of esters is 1. The van der Waals surface area contributed by atoms with E-state index in [1.165, 1.54) is 0 Å². The van der Waals surface area contributed by atoms with Gasteiger partial charge in [0.05, 0.1) is 12.3 Å². The number of benzene rings is 1. The quantitative estimate of drug-likeness (QED) is 0.282. The molecule has 26 heavy (non-hydrogen) atoms. The molecule has 3 N–H and O–H groups in total. The van der Waals surface area contributed by atoms with E-state index in [-0.39, 0.29) is 12.4 Å². The molecule has 3 rings (SSSR count). The highest BCUT2D eigenvalue weighted by Gasteiger charge is 2.19. The Labute approximate surface area is 152 Å². The maximum absolute atomic E-state index is 12.2. The van der Waals surface area contributed by atoms with Gasteiger partial charge in [0.15, 0.2) is 5.84 Å². The number of amidine groups is 1. The van der Waals surface area contributed by atoms with Crippen LogP contribution >= 0.6 is 0 Å². The van der Waals surface area contributed by atoms with E-state index in [1.807, 2.05) is 24.3 Å². The molecule has 7 heteroatoms. The number of nitrogens with two attached hydrogens (primary N) is 1. The van der Waals surface area contributed by atoms with E-state index in [9.17, 15) is 4.79 Å². The fraction of sp³-hybridized carbons (Fsp3) is 0.368. The van der Waals surface area contributed by atoms with Crippen LogP contribution in [0, 0.1) is 0 Å². The SMILES string of the molecule is CCOC(=O)C1=Cc2cc(NC3CC=CCC3)ccc2N=C(N=NN)C1. The Morgan fingerprint density at radius 1 is 1.42 bits per heavy atom. The maximum atomic E-state index is 12.2. The van der Waals surface area contributed by atoms with Gasteiger partial charge in [-0.3, -0.25) is 0 Å². The number of carbonyl (C=O) groups is 1. The van der Waals surface area contributed by atoms with Crippen molar-refractivity contribution in [3.63, 3.8) is 0 Å². The molecule has 0 saturated heterocycles. The minimum absolute atomic E-state index is 0.227. The molecule has 1 aliphatic carbocycles. The van der Waals surface area contributed by atoms with Crippen molar-refractivity contribution in [3.05, 3.63) is 41.5 Å². The molecule has 0 amide bonds. The number of nitrogens with one attached hydrogen (secondary N) is 1. The van der Waals surface area contributed by atoms with Crippen LogP contribution in [-0.4, -0.2) is 24.5 Å². The molecule has 1 atom stereocenters. The topological polar surface area (TPSA) is 101 Å². The summed E-state index contributed by atoms with van der Waals surface area (Å²) >= 11 is 0. The molecule has 1 aromatic carbocycles. The zero-order valence-corrected chi connectivity index (χ0v) is 14.8. The number of aliphatic imine (C=N–C) groups is 1. The molecule has 0 spiro atoms. The van der Waals surface area contributed by atoms with Crippen molar-refractivity contribution in [1.82, 2.24) is 0 Å². The molecule has 1 unspecified atom stereocenters. The lowest BCUT2D eigenvalue weighted by atomic mass is 10.0. The standard InChI is InChI=1S/C19H23N5O2/c1-2-26-19(25)14-10-13-11-16(21-15-6-4-3-5-7-15)8-9-17(13)22-18(12-14)23-24-20/h3-4,8-11,15,21H,2,5-7,12H2,1H3,(H2,20,22,23). The first kappa shape index (κ1) is 17.8. The first-order valence-electron chi connectivity index (χ1n) is 8.81. The average Bonchev–Trinajstić information content (AvgIpc) is 2.82. The third-order valence-electron chi connectivity index (χ3n) is 4.31. The molecular weight excluding hydrogens is 330 g/mol. The Balaban J connectivity index is 1.92. The minimum Gasteiger partial charge on any atom is -0.463 e. The van der Waals surface area contributed by atoms with Crippen molar-refractivity contribution >= 4 is 29.3 Å². The van der Waals surface area contributed by atoms with Crippen LogP contribution in [0.15, 0.2) is 51.3 Å². The molecule has 0 radical (unpaired) electrons. The zero-order valence-electron chi connectivity index (χ0n) is 14.8. The van der Waals surface area contributed by atoms with Crippen molar-refractivity contribution in [1.29, 1.82) is 0 Å². The van der Waals surface area contributed by atoms with E-state index < -0.39 is 0 Å². The van der Waals surface area contributed by atoms with Gasteiger partial charge in [-0.15, -0.1) is 5.11 Å². The molecule has 0 fully saturated rings. The average molecular weight is 353 g/mol. The van der Waals surface area contributed by atoms with Crippen LogP contribution in [0.2, 0.25) is 0 Å². The number of carbonyl (C=O) groups excluding carboxylic acids is 1. The number of ether oxygens (including phenoxy) is 1. The summed E-state index contributed by atoms with van der Waals surface area (Å²) in [4.78, 5) is 16.7. The monoisotopic (exact) mass is 353 g/mol. The number of allylic oxidation sites excluding steroid dienone is 1. The molecule has 2 aliphatic rings. The second-order valence-electron chi connectivity index (χ2n) is 6.21. The maximum Gasteiger partial charge on any atom is 0.334 e. The largest absolute Gasteiger partial charge is 0.463 e. The molecule has 1 heterocycles. The van der Waals surface area contributed by atoms with Gasteiger partial charge in [0.2, 0.25) is 0 Å². The fourth-order valence-corrected chi connectivity index (χ4v) is 3.09. The van der Waals surface area contributed by atoms with Crippen LogP contribution in [0.1, 0.15) is 38.2 Å². The van der Waals surface area contributed by atoms with Crippen LogP contribution in [-0.2, 0) is 9.53 Å². The second-order valence-corrected chi connectivity index (χ2v) is 6.21. The summed E-state index contributed by atoms with van der Waals surface area (Å²) in [5, 5.41) is 10.7. The molecule has 136 valence electrons. The van der Waals surface area contributed by atoms with E-state index in [4.69, 9.17) is 10.6 Å². The van der Waals surface area contributed by atoms with Gasteiger partial charge in [0.25, 0.3) is 0 Å². The predicted molar refractivity (Wildman–Crippen MR) is 102 cm³/mol. The van der Waals surface area contributed by atoms with E-state index in [0.29, 0.717) is 24.1 Å². The first-order valence-corrected chi connectivity index (χ1v) is 8.81. The Bertz CT molecular complexity index is 795. The molecule has 1 aromatic rings. The van der Waals surface area contributed by atoms with Gasteiger partial charge in [-0.1, -0.05) is 17.4 Å². The normalized spacial score (nSPS) is 19.3. The van der Waals surface area contributed by atoms with Crippen molar-refractivity contribution in [2.45, 2.75) is 38.6 Å². The van der Waals surface area contributed by atoms with Gasteiger partial charge >= 0.3 is 5.97 Å². The highest BCUT2D eigenvalue weighted by atomic mass is 16.5. The van der Waals surface area contributed by atoms with E-state index in [0.717, 1.165) is 36.2 Å². The van der Waals surface area contributed by atoms with Crippen molar-refractivity contribution in [2.75, 3.05) is 11.9 Å². The number of hydrogen-bond acceptors (Lipinski definition) is 6. The van der Waals surface area contributed by atoms with Gasteiger partial charge in [0.1, 0.15) is 0 Å². The molecule has 0 aromatic heterocycles. The number of nitrogens with zero attached hydrogens (tertiary/aromatic N) is 3. The summed E-state index contributed by atoms with van der Waals surface area (Å²) in [6.07, 6.45) is 9.67. The molecule has 7 nitrogen and oxygen atoms in total. The summed E-state index contributed by atoms with van der Waals surface area (Å²) < 4.78 is 5.14. The van der Waals surface area contributed by atoms with Gasteiger partial charge in [-0.2, -0.15) is 0 Å². The van der Waals surface area contributed by atoms with Crippen molar-refractivity contribution in [2.24, 2.45) is 21.2 Å². The van der Waals surface area contributed by atoms with E-state index in [1.54, 1.807) is 6.92 Å². The summed E-state index contributed by atoms with van der Waals surface area (Å²) in [5.74, 6) is 5.16. The van der Waals surface area contributed by atoms with E-state index >= 15 is 0 Å². The lowest BCUT2D eigenvalue weighted by Gasteiger charge is -2.21. The van der Waals surface area contributed by atoms with Crippen LogP contribution in [0.3, 0.4) is 0 Å². The lowest BCUT2D eigenvalue weighted by molar-refractivity contribution is -0.138. The van der Waals surface area contributed by atoms with Crippen molar-refractivity contribution in [3.8, 4) is 0 Å². The second kappa shape index (κ2) is 8.42. The smallest absolute Gasteiger partial charge is 0.334 e. The number of rotatable bonds is 4. The Hall–Kier alpha value is -2.96. The summed E-state index contributed by atoms with van der Waals surface area (Å²) in [6, 6.07) is 6.31. The highest BCUT2D eigenvalue weighted by Crippen LogP contribution is 2.31. The fourth-order valence-electron chi connectivity index (χ4n) is 3.09. The van der Waals surface area contributed by atoms with Crippen LogP contribution in [0.4, 0.5) is 11.4 Å². The van der Waals surface area contributed by atoms with Gasteiger partial charge in [0, 0.05) is 29.3 Å². The van der Waals surface area contributed by atoms with Gasteiger partial charge in [-0.05, 0) is 50.5 Å². The molecular formula is C19H23N5O2. The lowest BCUT2D eigenvalue weighted by Crippen LogP contribution is -2.20. The summed E-state index contributed by atoms with van der Waals surface area (Å²) in [5.41, 5.74) is 3.05. The Morgan fingerprint density at radius 2 is 2.31 bits per heavy atom. The number of fused-ring (bicyclic) bond motifs is 1. The first-order chi connectivity index (χ1) is 12.7. The highest BCUT2D eigenvalue weighted by molar-refractivity contribution is 6.03. The Kier molecular flexibility index (Phi) is 5.78. The number of anilines is 1. The van der Waals surface area contributed by atoms with Crippen LogP contribution in [0.25, 0.3) is 6.08 Å². The predicted octanol–water partition coefficient (Wildman–Crippen LogP) is 3.91. The summed E-state index contributed by atoms with van der Waals surface area (Å²) in [6.45, 7) is 2.09. The summed E-state index contributed by atoms with van der Waals surface area (Å²) in [7, 11) is 0.